The fourth-order valence-electron chi connectivity index (χ4n) is 3.72. The molecule has 1 saturated heterocycles. The lowest BCUT2D eigenvalue weighted by Gasteiger charge is -2.33. The first-order valence-electron chi connectivity index (χ1n) is 10.1. The fraction of sp³-hybridized carbons (Fsp3) is 0.348. The number of carbonyl (C=O) groups is 1. The molecule has 1 atom stereocenters. The van der Waals surface area contributed by atoms with E-state index in [9.17, 15) is 4.79 Å². The zero-order valence-corrected chi connectivity index (χ0v) is 17.2. The van der Waals surface area contributed by atoms with Gasteiger partial charge < -0.3 is 14.2 Å². The largest absolute Gasteiger partial charge is 0.468 e. The van der Waals surface area contributed by atoms with Gasteiger partial charge in [-0.3, -0.25) is 9.69 Å². The van der Waals surface area contributed by atoms with Crippen LogP contribution in [0.15, 0.2) is 74.8 Å². The Bertz CT molecular complexity index is 886. The molecule has 3 heterocycles. The van der Waals surface area contributed by atoms with E-state index >= 15 is 0 Å². The molecule has 4 rings (SSSR count). The maximum absolute atomic E-state index is 12.8. The van der Waals surface area contributed by atoms with Crippen molar-refractivity contribution in [2.45, 2.75) is 36.0 Å². The number of carbonyl (C=O) groups excluding carboxylic acids is 1. The van der Waals surface area contributed by atoms with Crippen LogP contribution in [0, 0.1) is 0 Å². The first-order valence-corrected chi connectivity index (χ1v) is 11.1. The van der Waals surface area contributed by atoms with Gasteiger partial charge in [0.15, 0.2) is 5.76 Å². The van der Waals surface area contributed by atoms with E-state index in [1.807, 2.05) is 36.4 Å². The predicted molar refractivity (Wildman–Crippen MR) is 114 cm³/mol. The zero-order chi connectivity index (χ0) is 19.9. The number of amides is 1. The van der Waals surface area contributed by atoms with Crippen LogP contribution in [0.25, 0.3) is 0 Å². The summed E-state index contributed by atoms with van der Waals surface area (Å²) in [5.74, 6) is 1.81. The quantitative estimate of drug-likeness (QED) is 0.522. The Balaban J connectivity index is 1.39. The van der Waals surface area contributed by atoms with Crippen molar-refractivity contribution in [3.8, 4) is 0 Å². The van der Waals surface area contributed by atoms with Gasteiger partial charge in [-0.2, -0.15) is 0 Å². The molecule has 1 aliphatic rings. The summed E-state index contributed by atoms with van der Waals surface area (Å²) in [5, 5.41) is 3.07. The lowest BCUT2D eigenvalue weighted by atomic mass is 10.1. The molecule has 1 amide bonds. The fourth-order valence-corrected chi connectivity index (χ4v) is 4.62. The highest BCUT2D eigenvalue weighted by molar-refractivity contribution is 7.98. The summed E-state index contributed by atoms with van der Waals surface area (Å²) in [5.41, 5.74) is 0.906. The second-order valence-corrected chi connectivity index (χ2v) is 8.26. The van der Waals surface area contributed by atoms with Crippen LogP contribution in [0.2, 0.25) is 0 Å². The van der Waals surface area contributed by atoms with E-state index in [2.05, 4.69) is 22.3 Å². The SMILES string of the molecule is O=C(NCC(c1ccco1)N1CCCCC1)c1occc1CSc1ccccc1. The summed E-state index contributed by atoms with van der Waals surface area (Å²) in [6.45, 7) is 2.56. The van der Waals surface area contributed by atoms with Crippen molar-refractivity contribution in [2.75, 3.05) is 19.6 Å². The third kappa shape index (κ3) is 5.14. The minimum atomic E-state index is -0.174. The normalized spacial score (nSPS) is 15.9. The van der Waals surface area contributed by atoms with Crippen LogP contribution in [0.3, 0.4) is 0 Å². The van der Waals surface area contributed by atoms with E-state index in [0.717, 1.165) is 24.4 Å². The summed E-state index contributed by atoms with van der Waals surface area (Å²) < 4.78 is 11.2. The Morgan fingerprint density at radius 2 is 1.83 bits per heavy atom. The number of rotatable bonds is 8. The van der Waals surface area contributed by atoms with Gasteiger partial charge in [0.05, 0.1) is 18.6 Å². The molecular formula is C23H26N2O3S. The average Bonchev–Trinajstić information content (AvgIpc) is 3.46. The minimum absolute atomic E-state index is 0.0476. The number of benzene rings is 1. The van der Waals surface area contributed by atoms with E-state index in [-0.39, 0.29) is 11.9 Å². The molecule has 6 heteroatoms. The number of nitrogens with one attached hydrogen (secondary N) is 1. The van der Waals surface area contributed by atoms with Crippen LogP contribution in [0.5, 0.6) is 0 Å². The molecule has 1 aromatic carbocycles. The number of piperidine rings is 1. The van der Waals surface area contributed by atoms with Crippen molar-refractivity contribution in [3.05, 3.63) is 78.1 Å². The van der Waals surface area contributed by atoms with Gasteiger partial charge in [0.25, 0.3) is 5.91 Å². The Kier molecular flexibility index (Phi) is 6.75. The first-order chi connectivity index (χ1) is 14.3. The number of hydrogen-bond donors (Lipinski definition) is 1. The molecule has 152 valence electrons. The van der Waals surface area contributed by atoms with Gasteiger partial charge in [0.2, 0.25) is 0 Å². The molecule has 0 aliphatic carbocycles. The number of likely N-dealkylation sites (tertiary alicyclic amines) is 1. The van der Waals surface area contributed by atoms with E-state index in [4.69, 9.17) is 8.83 Å². The van der Waals surface area contributed by atoms with Crippen molar-refractivity contribution in [3.63, 3.8) is 0 Å². The van der Waals surface area contributed by atoms with Crippen molar-refractivity contribution in [1.82, 2.24) is 10.2 Å². The molecule has 1 aliphatic heterocycles. The molecule has 5 nitrogen and oxygen atoms in total. The summed E-state index contributed by atoms with van der Waals surface area (Å²) in [7, 11) is 0. The van der Waals surface area contributed by atoms with Gasteiger partial charge in [-0.15, -0.1) is 11.8 Å². The van der Waals surface area contributed by atoms with Crippen LogP contribution in [0.1, 0.15) is 47.2 Å². The van der Waals surface area contributed by atoms with E-state index in [1.54, 1.807) is 24.3 Å². The molecule has 1 unspecified atom stereocenters. The van der Waals surface area contributed by atoms with Gasteiger partial charge >= 0.3 is 0 Å². The first kappa shape index (κ1) is 19.9. The van der Waals surface area contributed by atoms with Crippen LogP contribution >= 0.6 is 11.8 Å². The standard InChI is InChI=1S/C23H26N2O3S/c26-23(22-18(11-15-28-22)17-29-19-8-3-1-4-9-19)24-16-20(21-10-7-14-27-21)25-12-5-2-6-13-25/h1,3-4,7-11,14-15,20H,2,5-6,12-13,16-17H2,(H,24,26). The molecule has 29 heavy (non-hydrogen) atoms. The molecule has 1 N–H and O–H groups in total. The van der Waals surface area contributed by atoms with Gasteiger partial charge in [-0.25, -0.2) is 0 Å². The van der Waals surface area contributed by atoms with Gasteiger partial charge in [-0.1, -0.05) is 24.6 Å². The third-order valence-corrected chi connectivity index (χ3v) is 6.31. The topological polar surface area (TPSA) is 58.6 Å². The van der Waals surface area contributed by atoms with Crippen LogP contribution in [-0.4, -0.2) is 30.4 Å². The Morgan fingerprint density at radius 1 is 1.00 bits per heavy atom. The molecule has 0 saturated carbocycles. The molecule has 0 spiro atoms. The number of nitrogens with zero attached hydrogens (tertiary/aromatic N) is 1. The second kappa shape index (κ2) is 9.85. The number of thioether (sulfide) groups is 1. The van der Waals surface area contributed by atoms with Crippen molar-refractivity contribution in [1.29, 1.82) is 0 Å². The highest BCUT2D eigenvalue weighted by atomic mass is 32.2. The molecular weight excluding hydrogens is 384 g/mol. The second-order valence-electron chi connectivity index (χ2n) is 7.21. The smallest absolute Gasteiger partial charge is 0.287 e. The minimum Gasteiger partial charge on any atom is -0.468 e. The van der Waals surface area contributed by atoms with E-state index in [1.165, 1.54) is 24.2 Å². The monoisotopic (exact) mass is 410 g/mol. The summed E-state index contributed by atoms with van der Waals surface area (Å²) in [6, 6.07) is 16.0. The summed E-state index contributed by atoms with van der Waals surface area (Å²) in [4.78, 5) is 16.4. The van der Waals surface area contributed by atoms with Gasteiger partial charge in [0, 0.05) is 22.8 Å². The third-order valence-electron chi connectivity index (χ3n) is 5.25. The lowest BCUT2D eigenvalue weighted by molar-refractivity contribution is 0.0886. The van der Waals surface area contributed by atoms with Crippen molar-refractivity contribution >= 4 is 17.7 Å². The predicted octanol–water partition coefficient (Wildman–Crippen LogP) is 5.12. The molecule has 2 aromatic heterocycles. The van der Waals surface area contributed by atoms with Crippen molar-refractivity contribution in [2.24, 2.45) is 0 Å². The zero-order valence-electron chi connectivity index (χ0n) is 16.4. The average molecular weight is 411 g/mol. The van der Waals surface area contributed by atoms with Crippen molar-refractivity contribution < 1.29 is 13.6 Å². The maximum atomic E-state index is 12.8. The molecule has 1 fully saturated rings. The molecule has 0 radical (unpaired) electrons. The highest BCUT2D eigenvalue weighted by Gasteiger charge is 2.26. The van der Waals surface area contributed by atoms with Crippen LogP contribution in [0.4, 0.5) is 0 Å². The molecule has 0 bridgehead atoms. The summed E-state index contributed by atoms with van der Waals surface area (Å²) in [6.07, 6.45) is 6.92. The molecule has 3 aromatic rings. The van der Waals surface area contributed by atoms with Crippen LogP contribution in [-0.2, 0) is 5.75 Å². The Hall–Kier alpha value is -2.44. The highest BCUT2D eigenvalue weighted by Crippen LogP contribution is 2.26. The van der Waals surface area contributed by atoms with Gasteiger partial charge in [0.1, 0.15) is 5.76 Å². The maximum Gasteiger partial charge on any atom is 0.287 e. The van der Waals surface area contributed by atoms with Gasteiger partial charge in [-0.05, 0) is 56.3 Å². The lowest BCUT2D eigenvalue weighted by Crippen LogP contribution is -2.40. The Labute approximate surface area is 175 Å². The number of furan rings is 2. The Morgan fingerprint density at radius 3 is 2.59 bits per heavy atom. The summed E-state index contributed by atoms with van der Waals surface area (Å²) >= 11 is 1.69. The number of hydrogen-bond acceptors (Lipinski definition) is 5. The van der Waals surface area contributed by atoms with E-state index < -0.39 is 0 Å². The van der Waals surface area contributed by atoms with E-state index in [0.29, 0.717) is 18.1 Å². The van der Waals surface area contributed by atoms with Crippen LogP contribution < -0.4 is 5.32 Å².